The maximum absolute atomic E-state index is 12.4. The summed E-state index contributed by atoms with van der Waals surface area (Å²) in [6.45, 7) is 6.45. The van der Waals surface area contributed by atoms with E-state index < -0.39 is 10.0 Å². The fourth-order valence-corrected chi connectivity index (χ4v) is 3.87. The molecule has 23 heavy (non-hydrogen) atoms. The number of carbonyl (C=O) groups excluding carboxylic acids is 1. The summed E-state index contributed by atoms with van der Waals surface area (Å²) in [6, 6.07) is -0.202. The Kier molecular flexibility index (Phi) is 5.46. The van der Waals surface area contributed by atoms with Gasteiger partial charge in [0.25, 0.3) is 5.91 Å². The summed E-state index contributed by atoms with van der Waals surface area (Å²) in [4.78, 5) is 16.6. The van der Waals surface area contributed by atoms with Crippen LogP contribution in [-0.4, -0.2) is 49.0 Å². The predicted molar refractivity (Wildman–Crippen MR) is 86.7 cm³/mol. The van der Waals surface area contributed by atoms with Crippen LogP contribution in [0.2, 0.25) is 0 Å². The molecule has 1 aromatic heterocycles. The number of carbonyl (C=O) groups is 1. The fraction of sp³-hybridized carbons (Fsp3) is 0.733. The van der Waals surface area contributed by atoms with Gasteiger partial charge in [0.05, 0.1) is 11.9 Å². The molecule has 130 valence electrons. The number of hydrogen-bond acceptors (Lipinski definition) is 5. The molecule has 0 spiro atoms. The lowest BCUT2D eigenvalue weighted by Crippen LogP contribution is -2.41. The fourth-order valence-electron chi connectivity index (χ4n) is 2.98. The van der Waals surface area contributed by atoms with Crippen LogP contribution in [0.4, 0.5) is 0 Å². The van der Waals surface area contributed by atoms with E-state index in [1.54, 1.807) is 6.92 Å². The maximum Gasteiger partial charge on any atom is 0.289 e. The monoisotopic (exact) mass is 343 g/mol. The van der Waals surface area contributed by atoms with Crippen LogP contribution in [0, 0.1) is 12.8 Å². The number of sulfonamides is 1. The van der Waals surface area contributed by atoms with E-state index in [2.05, 4.69) is 17.2 Å². The van der Waals surface area contributed by atoms with Crippen LogP contribution in [0.1, 0.15) is 48.8 Å². The quantitative estimate of drug-likeness (QED) is 0.841. The van der Waals surface area contributed by atoms with E-state index in [4.69, 9.17) is 4.42 Å². The molecule has 1 N–H and O–H groups in total. The summed E-state index contributed by atoms with van der Waals surface area (Å²) in [7, 11) is -3.25. The van der Waals surface area contributed by atoms with Gasteiger partial charge in [-0.3, -0.25) is 4.79 Å². The largest absolute Gasteiger partial charge is 0.435 e. The predicted octanol–water partition coefficient (Wildman–Crippen LogP) is 1.34. The molecule has 0 bridgehead atoms. The van der Waals surface area contributed by atoms with Gasteiger partial charge in [-0.2, -0.15) is 4.31 Å². The van der Waals surface area contributed by atoms with Gasteiger partial charge in [-0.15, -0.1) is 0 Å². The van der Waals surface area contributed by atoms with Crippen molar-refractivity contribution in [3.63, 3.8) is 0 Å². The van der Waals surface area contributed by atoms with E-state index in [9.17, 15) is 13.2 Å². The topological polar surface area (TPSA) is 92.5 Å². The molecule has 1 amide bonds. The first-order chi connectivity index (χ1) is 10.8. The van der Waals surface area contributed by atoms with Gasteiger partial charge in [0, 0.05) is 25.6 Å². The van der Waals surface area contributed by atoms with Crippen molar-refractivity contribution in [2.75, 3.05) is 19.3 Å². The highest BCUT2D eigenvalue weighted by Crippen LogP contribution is 2.24. The van der Waals surface area contributed by atoms with E-state index in [1.807, 2.05) is 6.92 Å². The Morgan fingerprint density at radius 1 is 1.39 bits per heavy atom. The minimum atomic E-state index is -3.25. The lowest BCUT2D eigenvalue weighted by atomic mass is 9.98. The minimum absolute atomic E-state index is 0.118. The number of hydrogen-bond donors (Lipinski definition) is 1. The van der Waals surface area contributed by atoms with Crippen molar-refractivity contribution >= 4 is 15.9 Å². The van der Waals surface area contributed by atoms with Crippen LogP contribution in [0.3, 0.4) is 0 Å². The molecule has 0 aliphatic carbocycles. The standard InChI is InChI=1S/C15H25N3O4S/c1-5-7-11-8-18(23(4,20)21)9-12(11)17-15(19)14-10(3)16-13(6-2)22-14/h11-12H,5-9H2,1-4H3,(H,17,19)/t11-,12-/m1/s1. The zero-order chi connectivity index (χ0) is 17.2. The first-order valence-corrected chi connectivity index (χ1v) is 9.83. The van der Waals surface area contributed by atoms with Crippen molar-refractivity contribution in [2.24, 2.45) is 5.92 Å². The number of nitrogens with one attached hydrogen (secondary N) is 1. The molecule has 0 saturated carbocycles. The van der Waals surface area contributed by atoms with Gasteiger partial charge < -0.3 is 9.73 Å². The van der Waals surface area contributed by atoms with Gasteiger partial charge in [0.2, 0.25) is 15.8 Å². The van der Waals surface area contributed by atoms with Crippen LogP contribution in [0.25, 0.3) is 0 Å². The summed E-state index contributed by atoms with van der Waals surface area (Å²) in [5, 5.41) is 2.93. The molecule has 1 aliphatic rings. The first-order valence-electron chi connectivity index (χ1n) is 7.98. The summed E-state index contributed by atoms with van der Waals surface area (Å²) in [5.41, 5.74) is 0.560. The molecule has 0 aromatic carbocycles. The number of aryl methyl sites for hydroxylation is 2. The maximum atomic E-state index is 12.4. The molecule has 1 saturated heterocycles. The summed E-state index contributed by atoms with van der Waals surface area (Å²) in [5.74, 6) is 0.542. The number of oxazole rings is 1. The minimum Gasteiger partial charge on any atom is -0.435 e. The molecular formula is C15H25N3O4S. The van der Waals surface area contributed by atoms with Crippen molar-refractivity contribution in [3.8, 4) is 0 Å². The lowest BCUT2D eigenvalue weighted by molar-refractivity contribution is 0.0899. The summed E-state index contributed by atoms with van der Waals surface area (Å²) in [6.07, 6.45) is 3.63. The Hall–Kier alpha value is -1.41. The average molecular weight is 343 g/mol. The number of amides is 1. The highest BCUT2D eigenvalue weighted by molar-refractivity contribution is 7.88. The zero-order valence-electron chi connectivity index (χ0n) is 14.1. The van der Waals surface area contributed by atoms with E-state index in [1.165, 1.54) is 10.6 Å². The van der Waals surface area contributed by atoms with E-state index in [0.717, 1.165) is 12.8 Å². The number of nitrogens with zero attached hydrogens (tertiary/aromatic N) is 2. The second-order valence-electron chi connectivity index (χ2n) is 6.08. The van der Waals surface area contributed by atoms with Crippen molar-refractivity contribution in [3.05, 3.63) is 17.3 Å². The molecule has 0 unspecified atom stereocenters. The Labute approximate surface area is 137 Å². The smallest absolute Gasteiger partial charge is 0.289 e. The Balaban J connectivity index is 2.12. The van der Waals surface area contributed by atoms with Crippen LogP contribution in [0.15, 0.2) is 4.42 Å². The van der Waals surface area contributed by atoms with Crippen molar-refractivity contribution in [1.82, 2.24) is 14.6 Å². The third-order valence-corrected chi connectivity index (χ3v) is 5.44. The third kappa shape index (κ3) is 4.11. The molecule has 1 fully saturated rings. The van der Waals surface area contributed by atoms with E-state index in [-0.39, 0.29) is 23.6 Å². The average Bonchev–Trinajstić information content (AvgIpc) is 3.03. The highest BCUT2D eigenvalue weighted by atomic mass is 32.2. The van der Waals surface area contributed by atoms with Gasteiger partial charge in [0.1, 0.15) is 0 Å². The van der Waals surface area contributed by atoms with Gasteiger partial charge >= 0.3 is 0 Å². The van der Waals surface area contributed by atoms with Gasteiger partial charge in [-0.1, -0.05) is 20.3 Å². The normalized spacial score (nSPS) is 22.4. The Bertz CT molecular complexity index is 668. The second-order valence-corrected chi connectivity index (χ2v) is 8.07. The molecule has 2 rings (SSSR count). The summed E-state index contributed by atoms with van der Waals surface area (Å²) < 4.78 is 30.4. The van der Waals surface area contributed by atoms with E-state index in [0.29, 0.717) is 31.1 Å². The number of aromatic nitrogens is 1. The van der Waals surface area contributed by atoms with Gasteiger partial charge in [0.15, 0.2) is 5.89 Å². The first kappa shape index (κ1) is 17.9. The summed E-state index contributed by atoms with van der Waals surface area (Å²) >= 11 is 0. The molecule has 7 nitrogen and oxygen atoms in total. The molecular weight excluding hydrogens is 318 g/mol. The Morgan fingerprint density at radius 3 is 2.61 bits per heavy atom. The molecule has 1 aliphatic heterocycles. The van der Waals surface area contributed by atoms with Crippen molar-refractivity contribution < 1.29 is 17.6 Å². The van der Waals surface area contributed by atoms with E-state index >= 15 is 0 Å². The molecule has 2 atom stereocenters. The molecule has 2 heterocycles. The van der Waals surface area contributed by atoms with Crippen LogP contribution in [-0.2, 0) is 16.4 Å². The Morgan fingerprint density at radius 2 is 2.09 bits per heavy atom. The van der Waals surface area contributed by atoms with Crippen LogP contribution >= 0.6 is 0 Å². The molecule has 1 aromatic rings. The van der Waals surface area contributed by atoms with Crippen LogP contribution < -0.4 is 5.32 Å². The SMILES string of the molecule is CCC[C@@H]1CN(S(C)(=O)=O)C[C@H]1NC(=O)c1oc(CC)nc1C. The second kappa shape index (κ2) is 7.00. The number of rotatable bonds is 6. The molecule has 8 heteroatoms. The van der Waals surface area contributed by atoms with Gasteiger partial charge in [-0.25, -0.2) is 13.4 Å². The highest BCUT2D eigenvalue weighted by Gasteiger charge is 2.37. The van der Waals surface area contributed by atoms with Gasteiger partial charge in [-0.05, 0) is 19.3 Å². The third-order valence-electron chi connectivity index (χ3n) is 4.20. The van der Waals surface area contributed by atoms with Crippen molar-refractivity contribution in [2.45, 2.75) is 46.1 Å². The van der Waals surface area contributed by atoms with Crippen molar-refractivity contribution in [1.29, 1.82) is 0 Å². The molecule has 0 radical (unpaired) electrons. The zero-order valence-corrected chi connectivity index (χ0v) is 14.9. The van der Waals surface area contributed by atoms with Crippen LogP contribution in [0.5, 0.6) is 0 Å². The lowest BCUT2D eigenvalue weighted by Gasteiger charge is -2.18.